The summed E-state index contributed by atoms with van der Waals surface area (Å²) in [5.74, 6) is -0.103. The smallest absolute Gasteiger partial charge is 0.256 e. The number of nitrogens with zero attached hydrogens (tertiary/aromatic N) is 1. The van der Waals surface area contributed by atoms with Gasteiger partial charge in [-0.3, -0.25) is 9.78 Å². The summed E-state index contributed by atoms with van der Waals surface area (Å²) < 4.78 is 0. The monoisotopic (exact) mass is 294 g/mol. The SMILES string of the molecule is CSc1ccccc1NC(=O)c1cccc2cnccc12. The fourth-order valence-electron chi connectivity index (χ4n) is 2.26. The molecule has 0 spiro atoms. The van der Waals surface area contributed by atoms with E-state index in [9.17, 15) is 4.79 Å². The molecule has 1 aromatic heterocycles. The summed E-state index contributed by atoms with van der Waals surface area (Å²) >= 11 is 1.61. The molecule has 0 aliphatic heterocycles. The molecular weight excluding hydrogens is 280 g/mol. The van der Waals surface area contributed by atoms with Crippen molar-refractivity contribution in [2.75, 3.05) is 11.6 Å². The van der Waals surface area contributed by atoms with Gasteiger partial charge in [0.05, 0.1) is 5.69 Å². The zero-order valence-corrected chi connectivity index (χ0v) is 12.4. The molecule has 21 heavy (non-hydrogen) atoms. The molecule has 0 saturated carbocycles. The number of carbonyl (C=O) groups is 1. The molecule has 3 nitrogen and oxygen atoms in total. The Morgan fingerprint density at radius 2 is 1.95 bits per heavy atom. The van der Waals surface area contributed by atoms with Crippen LogP contribution < -0.4 is 5.32 Å². The summed E-state index contributed by atoms with van der Waals surface area (Å²) in [5, 5.41) is 4.86. The predicted octanol–water partition coefficient (Wildman–Crippen LogP) is 4.21. The molecule has 1 heterocycles. The van der Waals surface area contributed by atoms with Crippen LogP contribution >= 0.6 is 11.8 Å². The lowest BCUT2D eigenvalue weighted by molar-refractivity contribution is 0.102. The normalized spacial score (nSPS) is 10.5. The van der Waals surface area contributed by atoms with Gasteiger partial charge in [-0.25, -0.2) is 0 Å². The number of rotatable bonds is 3. The first-order chi connectivity index (χ1) is 10.3. The van der Waals surface area contributed by atoms with E-state index in [-0.39, 0.29) is 5.91 Å². The highest BCUT2D eigenvalue weighted by Gasteiger charge is 2.11. The number of hydrogen-bond acceptors (Lipinski definition) is 3. The molecule has 1 N–H and O–H groups in total. The molecular formula is C17H14N2OS. The number of para-hydroxylation sites is 1. The minimum Gasteiger partial charge on any atom is -0.321 e. The summed E-state index contributed by atoms with van der Waals surface area (Å²) in [7, 11) is 0. The van der Waals surface area contributed by atoms with Gasteiger partial charge in [0.15, 0.2) is 0 Å². The van der Waals surface area contributed by atoms with E-state index in [0.29, 0.717) is 5.56 Å². The molecule has 0 aliphatic rings. The Labute approximate surface area is 127 Å². The van der Waals surface area contributed by atoms with E-state index >= 15 is 0 Å². The summed E-state index contributed by atoms with van der Waals surface area (Å²) in [4.78, 5) is 17.7. The maximum atomic E-state index is 12.6. The molecule has 0 unspecified atom stereocenters. The number of hydrogen-bond donors (Lipinski definition) is 1. The van der Waals surface area contributed by atoms with Gasteiger partial charge in [0, 0.05) is 28.2 Å². The van der Waals surface area contributed by atoms with Crippen molar-refractivity contribution in [1.29, 1.82) is 0 Å². The topological polar surface area (TPSA) is 42.0 Å². The van der Waals surface area contributed by atoms with Crippen molar-refractivity contribution in [3.8, 4) is 0 Å². The average molecular weight is 294 g/mol. The Morgan fingerprint density at radius 1 is 1.10 bits per heavy atom. The zero-order valence-electron chi connectivity index (χ0n) is 11.5. The summed E-state index contributed by atoms with van der Waals surface area (Å²) in [6.07, 6.45) is 5.46. The standard InChI is InChI=1S/C17H14N2OS/c1-21-16-8-3-2-7-15(16)19-17(20)14-6-4-5-12-11-18-10-9-13(12)14/h2-11H,1H3,(H,19,20). The minimum absolute atomic E-state index is 0.103. The van der Waals surface area contributed by atoms with Crippen molar-refractivity contribution in [3.63, 3.8) is 0 Å². The van der Waals surface area contributed by atoms with E-state index in [0.717, 1.165) is 21.4 Å². The van der Waals surface area contributed by atoms with Gasteiger partial charge in [-0.15, -0.1) is 11.8 Å². The molecule has 0 atom stereocenters. The molecule has 0 bridgehead atoms. The lowest BCUT2D eigenvalue weighted by Crippen LogP contribution is -2.13. The lowest BCUT2D eigenvalue weighted by atomic mass is 10.1. The maximum Gasteiger partial charge on any atom is 0.256 e. The second-order valence-electron chi connectivity index (χ2n) is 4.56. The van der Waals surface area contributed by atoms with E-state index < -0.39 is 0 Å². The lowest BCUT2D eigenvalue weighted by Gasteiger charge is -2.10. The third-order valence-corrected chi connectivity index (χ3v) is 4.08. The maximum absolute atomic E-state index is 12.6. The summed E-state index contributed by atoms with van der Waals surface area (Å²) in [6.45, 7) is 0. The summed E-state index contributed by atoms with van der Waals surface area (Å²) in [5.41, 5.74) is 1.49. The van der Waals surface area contributed by atoms with Crippen LogP contribution in [0.15, 0.2) is 65.8 Å². The minimum atomic E-state index is -0.103. The number of fused-ring (bicyclic) bond motifs is 1. The zero-order chi connectivity index (χ0) is 14.7. The number of amides is 1. The van der Waals surface area contributed by atoms with E-state index in [2.05, 4.69) is 10.3 Å². The quantitative estimate of drug-likeness (QED) is 0.736. The van der Waals surface area contributed by atoms with E-state index in [1.165, 1.54) is 0 Å². The van der Waals surface area contributed by atoms with Gasteiger partial charge in [-0.05, 0) is 35.9 Å². The number of thioether (sulfide) groups is 1. The van der Waals surface area contributed by atoms with Crippen LogP contribution in [-0.4, -0.2) is 17.1 Å². The van der Waals surface area contributed by atoms with Gasteiger partial charge in [0.2, 0.25) is 0 Å². The van der Waals surface area contributed by atoms with Crippen molar-refractivity contribution < 1.29 is 4.79 Å². The Balaban J connectivity index is 1.98. The Kier molecular flexibility index (Phi) is 3.88. The highest BCUT2D eigenvalue weighted by Crippen LogP contribution is 2.26. The van der Waals surface area contributed by atoms with E-state index in [1.807, 2.05) is 54.8 Å². The average Bonchev–Trinajstić information content (AvgIpc) is 2.54. The van der Waals surface area contributed by atoms with Crippen LogP contribution in [0.5, 0.6) is 0 Å². The van der Waals surface area contributed by atoms with Gasteiger partial charge >= 0.3 is 0 Å². The number of nitrogens with one attached hydrogen (secondary N) is 1. The number of aromatic nitrogens is 1. The second-order valence-corrected chi connectivity index (χ2v) is 5.40. The van der Waals surface area contributed by atoms with Crippen molar-refractivity contribution in [2.45, 2.75) is 4.90 Å². The molecule has 104 valence electrons. The first-order valence-electron chi connectivity index (χ1n) is 6.56. The van der Waals surface area contributed by atoms with Gasteiger partial charge < -0.3 is 5.32 Å². The summed E-state index contributed by atoms with van der Waals surface area (Å²) in [6, 6.07) is 15.3. The molecule has 3 rings (SSSR count). The van der Waals surface area contributed by atoms with Crippen LogP contribution in [-0.2, 0) is 0 Å². The third-order valence-electron chi connectivity index (χ3n) is 3.28. The number of pyridine rings is 1. The molecule has 0 radical (unpaired) electrons. The first-order valence-corrected chi connectivity index (χ1v) is 7.79. The van der Waals surface area contributed by atoms with Gasteiger partial charge in [0.1, 0.15) is 0 Å². The van der Waals surface area contributed by atoms with Crippen LogP contribution in [0.3, 0.4) is 0 Å². The fraction of sp³-hybridized carbons (Fsp3) is 0.0588. The highest BCUT2D eigenvalue weighted by molar-refractivity contribution is 7.98. The Bertz CT molecular complexity index is 796. The molecule has 0 aliphatic carbocycles. The Morgan fingerprint density at radius 3 is 2.81 bits per heavy atom. The molecule has 1 amide bonds. The van der Waals surface area contributed by atoms with Crippen LogP contribution in [0.25, 0.3) is 10.8 Å². The predicted molar refractivity (Wildman–Crippen MR) is 87.9 cm³/mol. The fourth-order valence-corrected chi connectivity index (χ4v) is 2.81. The van der Waals surface area contributed by atoms with Crippen LogP contribution in [0.4, 0.5) is 5.69 Å². The number of carbonyl (C=O) groups excluding carboxylic acids is 1. The van der Waals surface area contributed by atoms with Crippen LogP contribution in [0.2, 0.25) is 0 Å². The highest BCUT2D eigenvalue weighted by atomic mass is 32.2. The van der Waals surface area contributed by atoms with Gasteiger partial charge in [-0.2, -0.15) is 0 Å². The van der Waals surface area contributed by atoms with Crippen LogP contribution in [0, 0.1) is 0 Å². The number of benzene rings is 2. The Hall–Kier alpha value is -2.33. The van der Waals surface area contributed by atoms with Crippen molar-refractivity contribution in [3.05, 3.63) is 66.5 Å². The molecule has 0 saturated heterocycles. The number of anilines is 1. The van der Waals surface area contributed by atoms with Crippen molar-refractivity contribution in [1.82, 2.24) is 4.98 Å². The first kappa shape index (κ1) is 13.6. The second kappa shape index (κ2) is 5.97. The van der Waals surface area contributed by atoms with Crippen molar-refractivity contribution in [2.24, 2.45) is 0 Å². The molecule has 2 aromatic carbocycles. The molecule has 4 heteroatoms. The van der Waals surface area contributed by atoms with Gasteiger partial charge in [-0.1, -0.05) is 24.3 Å². The third kappa shape index (κ3) is 2.76. The van der Waals surface area contributed by atoms with E-state index in [1.54, 1.807) is 24.2 Å². The van der Waals surface area contributed by atoms with E-state index in [4.69, 9.17) is 0 Å². The molecule has 3 aromatic rings. The van der Waals surface area contributed by atoms with Gasteiger partial charge in [0.25, 0.3) is 5.91 Å². The van der Waals surface area contributed by atoms with Crippen LogP contribution in [0.1, 0.15) is 10.4 Å². The van der Waals surface area contributed by atoms with Crippen molar-refractivity contribution >= 4 is 34.1 Å². The largest absolute Gasteiger partial charge is 0.321 e. The molecule has 0 fully saturated rings.